The number of hydrogen-bond donors (Lipinski definition) is 0. The Morgan fingerprint density at radius 3 is 2.38 bits per heavy atom. The van der Waals surface area contributed by atoms with E-state index in [4.69, 9.17) is 4.74 Å². The van der Waals surface area contributed by atoms with Crippen molar-refractivity contribution in [1.29, 1.82) is 0 Å². The third kappa shape index (κ3) is 4.03. The number of carbonyl (C=O) groups excluding carboxylic acids is 3. The molecule has 1 aromatic heterocycles. The minimum atomic E-state index is -1.01. The molecule has 1 aliphatic heterocycles. The van der Waals surface area contributed by atoms with Crippen molar-refractivity contribution >= 4 is 17.8 Å². The van der Waals surface area contributed by atoms with Crippen LogP contribution in [0.1, 0.15) is 66.6 Å². The number of benzene rings is 1. The normalized spacial score (nSPS) is 15.3. The van der Waals surface area contributed by atoms with Gasteiger partial charge in [0.1, 0.15) is 6.04 Å². The summed E-state index contributed by atoms with van der Waals surface area (Å²) in [5.74, 6) is -1.42. The molecule has 154 valence electrons. The lowest BCUT2D eigenvalue weighted by molar-refractivity contribution is -0.151. The van der Waals surface area contributed by atoms with Gasteiger partial charge >= 0.3 is 5.97 Å². The summed E-state index contributed by atoms with van der Waals surface area (Å²) in [5, 5.41) is 11.4. The van der Waals surface area contributed by atoms with Crippen LogP contribution in [0.5, 0.6) is 0 Å². The van der Waals surface area contributed by atoms with Crippen LogP contribution in [0.2, 0.25) is 0 Å². The molecule has 2 unspecified atom stereocenters. The van der Waals surface area contributed by atoms with Gasteiger partial charge in [0.05, 0.1) is 11.1 Å². The van der Waals surface area contributed by atoms with Crippen molar-refractivity contribution < 1.29 is 19.1 Å². The van der Waals surface area contributed by atoms with Crippen molar-refractivity contribution in [3.8, 4) is 0 Å². The molecule has 29 heavy (non-hydrogen) atoms. The van der Waals surface area contributed by atoms with Gasteiger partial charge in [-0.15, -0.1) is 5.10 Å². The van der Waals surface area contributed by atoms with Crippen LogP contribution < -0.4 is 0 Å². The predicted molar refractivity (Wildman–Crippen MR) is 103 cm³/mol. The van der Waals surface area contributed by atoms with E-state index in [-0.39, 0.29) is 12.5 Å². The number of carbonyl (C=O) groups is 3. The second-order valence-corrected chi connectivity index (χ2v) is 7.14. The molecule has 2 amide bonds. The number of aryl methyl sites for hydroxylation is 1. The van der Waals surface area contributed by atoms with Crippen LogP contribution in [-0.2, 0) is 22.7 Å². The molecule has 1 aromatic carbocycles. The number of ether oxygens (including phenoxy) is 1. The molecule has 2 atom stereocenters. The van der Waals surface area contributed by atoms with Gasteiger partial charge in [0.15, 0.2) is 12.4 Å². The van der Waals surface area contributed by atoms with Gasteiger partial charge in [0.2, 0.25) is 0 Å². The highest BCUT2D eigenvalue weighted by Crippen LogP contribution is 2.28. The first-order valence-electron chi connectivity index (χ1n) is 9.88. The molecule has 0 fully saturated rings. The first kappa shape index (κ1) is 20.6. The molecule has 0 N–H and O–H groups in total. The van der Waals surface area contributed by atoms with Gasteiger partial charge in [-0.2, -0.15) is 0 Å². The number of hydrogen-bond acceptors (Lipinski definition) is 7. The third-order valence-corrected chi connectivity index (χ3v) is 5.20. The number of nitrogens with zero attached hydrogens (tertiary/aromatic N) is 5. The lowest BCUT2D eigenvalue weighted by Crippen LogP contribution is -2.49. The Morgan fingerprint density at radius 1 is 1.14 bits per heavy atom. The molecule has 0 saturated carbocycles. The number of rotatable bonds is 9. The second-order valence-electron chi connectivity index (χ2n) is 7.14. The SMILES string of the molecule is CCCCn1nnnc1COC(=O)C(C(C)CC)N1C(=O)c2ccccc2C1=O. The first-order chi connectivity index (χ1) is 14.0. The van der Waals surface area contributed by atoms with Crippen LogP contribution in [0.3, 0.4) is 0 Å². The maximum absolute atomic E-state index is 12.9. The zero-order chi connectivity index (χ0) is 21.0. The fourth-order valence-corrected chi connectivity index (χ4v) is 3.31. The zero-order valence-corrected chi connectivity index (χ0v) is 16.9. The van der Waals surface area contributed by atoms with Crippen LogP contribution in [-0.4, -0.2) is 48.9 Å². The lowest BCUT2D eigenvalue weighted by Gasteiger charge is -2.28. The number of fused-ring (bicyclic) bond motifs is 1. The largest absolute Gasteiger partial charge is 0.456 e. The lowest BCUT2D eigenvalue weighted by atomic mass is 9.97. The van der Waals surface area contributed by atoms with Gasteiger partial charge in [-0.3, -0.25) is 14.5 Å². The van der Waals surface area contributed by atoms with E-state index in [9.17, 15) is 14.4 Å². The molecule has 0 bridgehead atoms. The summed E-state index contributed by atoms with van der Waals surface area (Å²) >= 11 is 0. The molecule has 0 aliphatic carbocycles. The average Bonchev–Trinajstić information content (AvgIpc) is 3.29. The van der Waals surface area contributed by atoms with Gasteiger partial charge in [-0.05, 0) is 34.9 Å². The Bertz CT molecular complexity index is 875. The van der Waals surface area contributed by atoms with Crippen molar-refractivity contribution in [2.24, 2.45) is 5.92 Å². The van der Waals surface area contributed by atoms with Crippen LogP contribution in [0.25, 0.3) is 0 Å². The van der Waals surface area contributed by atoms with Crippen molar-refractivity contribution in [3.05, 3.63) is 41.2 Å². The molecule has 0 spiro atoms. The standard InChI is InChI=1S/C20H25N5O4/c1-4-6-11-24-16(21-22-23-24)12-29-20(28)17(13(3)5-2)25-18(26)14-9-7-8-10-15(14)19(25)27/h7-10,13,17H,4-6,11-12H2,1-3H3. The quantitative estimate of drug-likeness (QED) is 0.470. The molecular weight excluding hydrogens is 374 g/mol. The molecule has 2 heterocycles. The number of esters is 1. The molecule has 9 nitrogen and oxygen atoms in total. The Hall–Kier alpha value is -3.10. The van der Waals surface area contributed by atoms with E-state index < -0.39 is 23.8 Å². The van der Waals surface area contributed by atoms with Gasteiger partial charge < -0.3 is 4.74 Å². The minimum Gasteiger partial charge on any atom is -0.456 e. The van der Waals surface area contributed by atoms with Gasteiger partial charge in [0.25, 0.3) is 11.8 Å². The third-order valence-electron chi connectivity index (χ3n) is 5.20. The second kappa shape index (κ2) is 8.93. The van der Waals surface area contributed by atoms with Crippen LogP contribution in [0.4, 0.5) is 0 Å². The molecule has 1 aliphatic rings. The van der Waals surface area contributed by atoms with Crippen molar-refractivity contribution in [1.82, 2.24) is 25.1 Å². The highest BCUT2D eigenvalue weighted by atomic mass is 16.5. The number of amides is 2. The zero-order valence-electron chi connectivity index (χ0n) is 16.9. The monoisotopic (exact) mass is 399 g/mol. The summed E-state index contributed by atoms with van der Waals surface area (Å²) in [6, 6.07) is 5.57. The average molecular weight is 399 g/mol. The molecule has 2 aromatic rings. The Balaban J connectivity index is 1.78. The minimum absolute atomic E-state index is 0.119. The summed E-state index contributed by atoms with van der Waals surface area (Å²) in [5.41, 5.74) is 0.615. The fourth-order valence-electron chi connectivity index (χ4n) is 3.31. The number of tetrazole rings is 1. The van der Waals surface area contributed by atoms with Crippen LogP contribution in [0.15, 0.2) is 24.3 Å². The first-order valence-corrected chi connectivity index (χ1v) is 9.88. The summed E-state index contributed by atoms with van der Waals surface area (Å²) < 4.78 is 7.05. The molecule has 9 heteroatoms. The van der Waals surface area contributed by atoms with Crippen LogP contribution >= 0.6 is 0 Å². The van der Waals surface area contributed by atoms with E-state index in [0.717, 1.165) is 17.7 Å². The maximum Gasteiger partial charge on any atom is 0.330 e. The smallest absolute Gasteiger partial charge is 0.330 e. The van der Waals surface area contributed by atoms with Crippen molar-refractivity contribution in [2.45, 2.75) is 59.2 Å². The van der Waals surface area contributed by atoms with Crippen LogP contribution in [0, 0.1) is 5.92 Å². The van der Waals surface area contributed by atoms with Gasteiger partial charge in [-0.1, -0.05) is 45.7 Å². The Kier molecular flexibility index (Phi) is 6.36. The van der Waals surface area contributed by atoms with Crippen molar-refractivity contribution in [2.75, 3.05) is 0 Å². The Labute approximate surface area is 169 Å². The predicted octanol–water partition coefficient (Wildman–Crippen LogP) is 2.23. The van der Waals surface area contributed by atoms with E-state index in [1.165, 1.54) is 0 Å². The molecule has 3 rings (SSSR count). The highest BCUT2D eigenvalue weighted by molar-refractivity contribution is 6.22. The van der Waals surface area contributed by atoms with E-state index >= 15 is 0 Å². The van der Waals surface area contributed by atoms with Gasteiger partial charge in [-0.25, -0.2) is 9.48 Å². The summed E-state index contributed by atoms with van der Waals surface area (Å²) in [4.78, 5) is 39.7. The van der Waals surface area contributed by atoms with E-state index in [2.05, 4.69) is 22.4 Å². The van der Waals surface area contributed by atoms with Crippen molar-refractivity contribution in [3.63, 3.8) is 0 Å². The highest BCUT2D eigenvalue weighted by Gasteiger charge is 2.45. The van der Waals surface area contributed by atoms with E-state index in [1.54, 1.807) is 28.9 Å². The summed E-state index contributed by atoms with van der Waals surface area (Å²) in [7, 11) is 0. The molecular formula is C20H25N5O4. The van der Waals surface area contributed by atoms with Gasteiger partial charge in [0, 0.05) is 6.54 Å². The number of imide groups is 1. The number of unbranched alkanes of at least 4 members (excludes halogenated alkanes) is 1. The summed E-state index contributed by atoms with van der Waals surface area (Å²) in [6.07, 6.45) is 2.48. The Morgan fingerprint density at radius 2 is 1.79 bits per heavy atom. The van der Waals surface area contributed by atoms with E-state index in [1.807, 2.05) is 13.8 Å². The molecule has 0 saturated heterocycles. The summed E-state index contributed by atoms with van der Waals surface area (Å²) in [6.45, 7) is 6.29. The fraction of sp³-hybridized carbons (Fsp3) is 0.500. The molecule has 0 radical (unpaired) electrons. The topological polar surface area (TPSA) is 107 Å². The maximum atomic E-state index is 12.9. The van der Waals surface area contributed by atoms with E-state index in [0.29, 0.717) is 29.9 Å². The number of aromatic nitrogens is 4.